The van der Waals surface area contributed by atoms with E-state index < -0.39 is 4.92 Å². The summed E-state index contributed by atoms with van der Waals surface area (Å²) in [5.74, 6) is 4.06. The van der Waals surface area contributed by atoms with E-state index in [0.717, 1.165) is 29.4 Å². The van der Waals surface area contributed by atoms with Crippen LogP contribution >= 0.6 is 0 Å². The maximum absolute atomic E-state index is 12.4. The van der Waals surface area contributed by atoms with Gasteiger partial charge >= 0.3 is 0 Å². The second kappa shape index (κ2) is 7.29. The van der Waals surface area contributed by atoms with Crippen LogP contribution in [0.3, 0.4) is 0 Å². The molecule has 4 saturated carbocycles. The molecule has 0 aliphatic heterocycles. The molecule has 29 heavy (non-hydrogen) atoms. The Balaban J connectivity index is 1.25. The fourth-order valence-corrected chi connectivity index (χ4v) is 6.47. The van der Waals surface area contributed by atoms with Gasteiger partial charge in [-0.15, -0.1) is 0 Å². The van der Waals surface area contributed by atoms with Crippen molar-refractivity contribution in [3.05, 3.63) is 69.8 Å². The van der Waals surface area contributed by atoms with Crippen molar-refractivity contribution >= 4 is 17.3 Å². The van der Waals surface area contributed by atoms with E-state index in [2.05, 4.69) is 17.4 Å². The van der Waals surface area contributed by atoms with Crippen molar-refractivity contribution in [2.45, 2.75) is 44.4 Å². The monoisotopic (exact) mass is 390 g/mol. The summed E-state index contributed by atoms with van der Waals surface area (Å²) in [6, 6.07) is 14.7. The molecule has 0 saturated heterocycles. The lowest BCUT2D eigenvalue weighted by Crippen LogP contribution is -2.43. The minimum atomic E-state index is -0.442. The number of carbonyl (C=O) groups is 1. The van der Waals surface area contributed by atoms with Gasteiger partial charge in [-0.3, -0.25) is 14.9 Å². The lowest BCUT2D eigenvalue weighted by Gasteiger charge is -2.54. The number of amides is 1. The molecule has 1 amide bonds. The average Bonchev–Trinajstić information content (AvgIpc) is 2.68. The van der Waals surface area contributed by atoms with Gasteiger partial charge in [0.1, 0.15) is 0 Å². The van der Waals surface area contributed by atoms with Crippen LogP contribution < -0.4 is 5.32 Å². The molecule has 150 valence electrons. The number of hydrogen-bond donors (Lipinski definition) is 1. The molecule has 0 unspecified atom stereocenters. The van der Waals surface area contributed by atoms with Gasteiger partial charge in [0.25, 0.3) is 5.69 Å². The van der Waals surface area contributed by atoms with Gasteiger partial charge in [0.05, 0.1) is 11.3 Å². The minimum Gasteiger partial charge on any atom is -0.326 e. The Morgan fingerprint density at radius 1 is 0.931 bits per heavy atom. The highest BCUT2D eigenvalue weighted by Crippen LogP contribution is 2.59. The van der Waals surface area contributed by atoms with Crippen molar-refractivity contribution in [1.29, 1.82) is 0 Å². The zero-order chi connectivity index (χ0) is 20.0. The maximum Gasteiger partial charge on any atom is 0.273 e. The molecule has 2 aromatic rings. The molecule has 4 aliphatic carbocycles. The summed E-state index contributed by atoms with van der Waals surface area (Å²) in [7, 11) is 0. The SMILES string of the molecule is O=C(Cc1ccccc1[N+](=O)[O-])Nc1ccc(C2C3CC4CC(C3)CC2C4)cc1. The molecule has 4 fully saturated rings. The molecule has 5 heteroatoms. The first-order valence-electron chi connectivity index (χ1n) is 10.7. The molecule has 6 rings (SSSR count). The third kappa shape index (κ3) is 3.54. The van der Waals surface area contributed by atoms with E-state index in [1.165, 1.54) is 43.7 Å². The number of benzene rings is 2. The smallest absolute Gasteiger partial charge is 0.273 e. The first-order valence-corrected chi connectivity index (χ1v) is 10.7. The normalized spacial score (nSPS) is 29.6. The van der Waals surface area contributed by atoms with Gasteiger partial charge in [0.2, 0.25) is 5.91 Å². The molecule has 0 radical (unpaired) electrons. The van der Waals surface area contributed by atoms with E-state index in [0.29, 0.717) is 11.5 Å². The largest absolute Gasteiger partial charge is 0.326 e. The second-order valence-electron chi connectivity index (χ2n) is 9.19. The summed E-state index contributed by atoms with van der Waals surface area (Å²) in [5.41, 5.74) is 2.58. The van der Waals surface area contributed by atoms with Crippen molar-refractivity contribution in [2.75, 3.05) is 5.32 Å². The fraction of sp³-hybridized carbons (Fsp3) is 0.458. The molecule has 4 bridgehead atoms. The number of para-hydroxylation sites is 1. The molecular weight excluding hydrogens is 364 g/mol. The van der Waals surface area contributed by atoms with Crippen LogP contribution in [-0.4, -0.2) is 10.8 Å². The van der Waals surface area contributed by atoms with Crippen molar-refractivity contribution < 1.29 is 9.72 Å². The Morgan fingerprint density at radius 2 is 1.55 bits per heavy atom. The predicted molar refractivity (Wildman–Crippen MR) is 112 cm³/mol. The Kier molecular flexibility index (Phi) is 4.61. The zero-order valence-corrected chi connectivity index (χ0v) is 16.4. The first-order chi connectivity index (χ1) is 14.1. The predicted octanol–water partition coefficient (Wildman–Crippen LogP) is 5.32. The summed E-state index contributed by atoms with van der Waals surface area (Å²) in [6.07, 6.45) is 7.04. The van der Waals surface area contributed by atoms with Crippen LogP contribution in [0.15, 0.2) is 48.5 Å². The van der Waals surface area contributed by atoms with Crippen molar-refractivity contribution in [2.24, 2.45) is 23.7 Å². The molecular formula is C24H26N2O3. The molecule has 2 aromatic carbocycles. The number of nitro benzene ring substituents is 1. The zero-order valence-electron chi connectivity index (χ0n) is 16.4. The van der Waals surface area contributed by atoms with Crippen molar-refractivity contribution in [1.82, 2.24) is 0 Å². The average molecular weight is 390 g/mol. The number of rotatable bonds is 5. The van der Waals surface area contributed by atoms with Crippen LogP contribution in [0, 0.1) is 33.8 Å². The second-order valence-corrected chi connectivity index (χ2v) is 9.19. The van der Waals surface area contributed by atoms with Gasteiger partial charge in [-0.05, 0) is 79.4 Å². The molecule has 0 heterocycles. The van der Waals surface area contributed by atoms with E-state index in [9.17, 15) is 14.9 Å². The van der Waals surface area contributed by atoms with Gasteiger partial charge in [-0.1, -0.05) is 30.3 Å². The highest BCUT2D eigenvalue weighted by Gasteiger charge is 2.48. The molecule has 0 aromatic heterocycles. The molecule has 4 aliphatic rings. The van der Waals surface area contributed by atoms with Crippen LogP contribution in [0.2, 0.25) is 0 Å². The third-order valence-electron chi connectivity index (χ3n) is 7.35. The number of carbonyl (C=O) groups excluding carboxylic acids is 1. The Hall–Kier alpha value is -2.69. The lowest BCUT2D eigenvalue weighted by molar-refractivity contribution is -0.385. The summed E-state index contributed by atoms with van der Waals surface area (Å²) in [6.45, 7) is 0. The van der Waals surface area contributed by atoms with Gasteiger partial charge in [-0.2, -0.15) is 0 Å². The van der Waals surface area contributed by atoms with Crippen molar-refractivity contribution in [3.63, 3.8) is 0 Å². The quantitative estimate of drug-likeness (QED) is 0.555. The lowest BCUT2D eigenvalue weighted by atomic mass is 9.51. The number of nitrogens with zero attached hydrogens (tertiary/aromatic N) is 1. The van der Waals surface area contributed by atoms with E-state index >= 15 is 0 Å². The van der Waals surface area contributed by atoms with Crippen LogP contribution in [0.5, 0.6) is 0 Å². The highest BCUT2D eigenvalue weighted by atomic mass is 16.6. The summed E-state index contributed by atoms with van der Waals surface area (Å²) in [4.78, 5) is 23.1. The summed E-state index contributed by atoms with van der Waals surface area (Å²) < 4.78 is 0. The Morgan fingerprint density at radius 3 is 2.17 bits per heavy atom. The topological polar surface area (TPSA) is 72.2 Å². The third-order valence-corrected chi connectivity index (χ3v) is 7.35. The molecule has 0 spiro atoms. The van der Waals surface area contributed by atoms with Crippen LogP contribution in [0.4, 0.5) is 11.4 Å². The van der Waals surface area contributed by atoms with Crippen molar-refractivity contribution in [3.8, 4) is 0 Å². The van der Waals surface area contributed by atoms with Crippen LogP contribution in [0.1, 0.15) is 49.1 Å². The Bertz CT molecular complexity index is 909. The van der Waals surface area contributed by atoms with E-state index in [1.807, 2.05) is 12.1 Å². The first kappa shape index (κ1) is 18.3. The minimum absolute atomic E-state index is 0.00550. The number of nitro groups is 1. The summed E-state index contributed by atoms with van der Waals surface area (Å²) >= 11 is 0. The van der Waals surface area contributed by atoms with E-state index in [1.54, 1.807) is 18.2 Å². The van der Waals surface area contributed by atoms with E-state index in [4.69, 9.17) is 0 Å². The highest BCUT2D eigenvalue weighted by molar-refractivity contribution is 5.92. The standard InChI is InChI=1S/C24H26N2O3/c27-23(14-18-3-1-2-4-22(18)26(28)29)25-21-7-5-17(6-8-21)24-19-10-15-9-16(12-19)13-20(24)11-15/h1-8,15-16,19-20,24H,9-14H2,(H,25,27). The number of hydrogen-bond acceptors (Lipinski definition) is 3. The molecule has 1 N–H and O–H groups in total. The van der Waals surface area contributed by atoms with Gasteiger partial charge < -0.3 is 5.32 Å². The van der Waals surface area contributed by atoms with Gasteiger partial charge in [0.15, 0.2) is 0 Å². The molecule has 5 nitrogen and oxygen atoms in total. The number of nitrogens with one attached hydrogen (secondary N) is 1. The van der Waals surface area contributed by atoms with Crippen LogP contribution in [0.25, 0.3) is 0 Å². The van der Waals surface area contributed by atoms with Gasteiger partial charge in [-0.25, -0.2) is 0 Å². The van der Waals surface area contributed by atoms with Crippen LogP contribution in [-0.2, 0) is 11.2 Å². The summed E-state index contributed by atoms with van der Waals surface area (Å²) in [5, 5.41) is 14.0. The molecule has 0 atom stereocenters. The van der Waals surface area contributed by atoms with Gasteiger partial charge in [0, 0.05) is 17.3 Å². The maximum atomic E-state index is 12.4. The Labute approximate surface area is 170 Å². The fourth-order valence-electron chi connectivity index (χ4n) is 6.47. The number of anilines is 1. The van der Waals surface area contributed by atoms with E-state index in [-0.39, 0.29) is 18.0 Å².